The Kier molecular flexibility index (Phi) is 4.55. The molecule has 0 saturated heterocycles. The molecule has 1 aromatic carbocycles. The zero-order valence-corrected chi connectivity index (χ0v) is 12.7. The first kappa shape index (κ1) is 15.1. The van der Waals surface area contributed by atoms with Crippen LogP contribution >= 0.6 is 23.2 Å². The molecule has 0 aliphatic heterocycles. The SMILES string of the molecule is Cc1ccc(Cl)c(NC(=O)COC(=O)[C@H]2C[C@@H]2C)c1Cl. The van der Waals surface area contributed by atoms with Crippen molar-refractivity contribution in [3.05, 3.63) is 27.7 Å². The van der Waals surface area contributed by atoms with E-state index in [0.717, 1.165) is 12.0 Å². The van der Waals surface area contributed by atoms with Gasteiger partial charge in [-0.3, -0.25) is 9.59 Å². The molecule has 0 aromatic heterocycles. The molecule has 1 aromatic rings. The van der Waals surface area contributed by atoms with Crippen molar-refractivity contribution in [3.8, 4) is 0 Å². The standard InChI is InChI=1S/C14H15Cl2NO3/c1-7-3-4-10(15)13(12(7)16)17-11(18)6-20-14(19)9-5-8(9)2/h3-4,8-9H,5-6H2,1-2H3,(H,17,18)/t8-,9-/m0/s1. The summed E-state index contributed by atoms with van der Waals surface area (Å²) in [4.78, 5) is 23.3. The minimum atomic E-state index is -0.457. The van der Waals surface area contributed by atoms with Crippen LogP contribution in [-0.2, 0) is 14.3 Å². The maximum Gasteiger partial charge on any atom is 0.309 e. The van der Waals surface area contributed by atoms with Crippen molar-refractivity contribution < 1.29 is 14.3 Å². The van der Waals surface area contributed by atoms with E-state index in [1.165, 1.54) is 0 Å². The van der Waals surface area contributed by atoms with Crippen molar-refractivity contribution >= 4 is 40.8 Å². The molecule has 2 rings (SSSR count). The number of aryl methyl sites for hydroxylation is 1. The number of amides is 1. The number of nitrogens with one attached hydrogen (secondary N) is 1. The summed E-state index contributed by atoms with van der Waals surface area (Å²) in [5.41, 5.74) is 1.14. The van der Waals surface area contributed by atoms with E-state index in [1.807, 2.05) is 13.8 Å². The van der Waals surface area contributed by atoms with Crippen molar-refractivity contribution in [1.29, 1.82) is 0 Å². The van der Waals surface area contributed by atoms with Gasteiger partial charge in [-0.05, 0) is 30.9 Å². The van der Waals surface area contributed by atoms with E-state index in [4.69, 9.17) is 27.9 Å². The van der Waals surface area contributed by atoms with Gasteiger partial charge in [0.05, 0.1) is 21.7 Å². The van der Waals surface area contributed by atoms with Crippen molar-refractivity contribution in [3.63, 3.8) is 0 Å². The molecule has 108 valence electrons. The average Bonchev–Trinajstić information content (AvgIpc) is 3.13. The Labute approximate surface area is 127 Å². The molecule has 2 atom stereocenters. The lowest BCUT2D eigenvalue weighted by Crippen LogP contribution is -2.22. The maximum absolute atomic E-state index is 11.8. The van der Waals surface area contributed by atoms with Crippen molar-refractivity contribution in [2.45, 2.75) is 20.3 Å². The molecule has 1 fully saturated rings. The minimum absolute atomic E-state index is 0.0612. The van der Waals surface area contributed by atoms with Crippen LogP contribution in [0.15, 0.2) is 12.1 Å². The third kappa shape index (κ3) is 3.44. The first-order valence-electron chi connectivity index (χ1n) is 6.31. The van der Waals surface area contributed by atoms with Crippen molar-refractivity contribution in [2.75, 3.05) is 11.9 Å². The maximum atomic E-state index is 11.8. The smallest absolute Gasteiger partial charge is 0.309 e. The molecule has 0 bridgehead atoms. The van der Waals surface area contributed by atoms with E-state index < -0.39 is 5.91 Å². The van der Waals surface area contributed by atoms with E-state index in [9.17, 15) is 9.59 Å². The topological polar surface area (TPSA) is 55.4 Å². The van der Waals surface area contributed by atoms with E-state index in [-0.39, 0.29) is 18.5 Å². The molecule has 4 nitrogen and oxygen atoms in total. The summed E-state index contributed by atoms with van der Waals surface area (Å²) in [7, 11) is 0. The van der Waals surface area contributed by atoms with Gasteiger partial charge in [-0.15, -0.1) is 0 Å². The van der Waals surface area contributed by atoms with Crippen LogP contribution in [0.2, 0.25) is 10.0 Å². The van der Waals surface area contributed by atoms with Gasteiger partial charge in [-0.1, -0.05) is 36.2 Å². The largest absolute Gasteiger partial charge is 0.455 e. The number of hydrogen-bond donors (Lipinski definition) is 1. The number of anilines is 1. The highest BCUT2D eigenvalue weighted by Crippen LogP contribution is 2.38. The summed E-state index contributed by atoms with van der Waals surface area (Å²) in [5.74, 6) is -0.490. The van der Waals surface area contributed by atoms with E-state index in [1.54, 1.807) is 12.1 Å². The number of benzene rings is 1. The van der Waals surface area contributed by atoms with Crippen LogP contribution in [0.5, 0.6) is 0 Å². The van der Waals surface area contributed by atoms with Gasteiger partial charge >= 0.3 is 5.97 Å². The van der Waals surface area contributed by atoms with E-state index in [2.05, 4.69) is 5.32 Å². The Hall–Kier alpha value is -1.26. The van der Waals surface area contributed by atoms with Gasteiger partial charge in [0, 0.05) is 0 Å². The van der Waals surface area contributed by atoms with Crippen LogP contribution < -0.4 is 5.32 Å². The molecule has 1 amide bonds. The average molecular weight is 316 g/mol. The first-order valence-corrected chi connectivity index (χ1v) is 7.07. The van der Waals surface area contributed by atoms with Crippen LogP contribution in [0.4, 0.5) is 5.69 Å². The number of ether oxygens (including phenoxy) is 1. The highest BCUT2D eigenvalue weighted by atomic mass is 35.5. The Morgan fingerprint density at radius 2 is 2.05 bits per heavy atom. The summed E-state index contributed by atoms with van der Waals surface area (Å²) >= 11 is 12.1. The Balaban J connectivity index is 1.92. The van der Waals surface area contributed by atoms with Gasteiger partial charge in [0.2, 0.25) is 0 Å². The van der Waals surface area contributed by atoms with Gasteiger partial charge in [-0.25, -0.2) is 0 Å². The molecule has 1 aliphatic rings. The minimum Gasteiger partial charge on any atom is -0.455 e. The summed E-state index contributed by atoms with van der Waals surface area (Å²) in [6.45, 7) is 3.45. The molecule has 0 spiro atoms. The normalized spacial score (nSPS) is 20.4. The fourth-order valence-electron chi connectivity index (χ4n) is 1.84. The number of esters is 1. The van der Waals surface area contributed by atoms with Gasteiger partial charge in [0.15, 0.2) is 6.61 Å². The Bertz CT molecular complexity index is 560. The van der Waals surface area contributed by atoms with Gasteiger partial charge in [0.25, 0.3) is 5.91 Å². The van der Waals surface area contributed by atoms with Crippen LogP contribution in [0, 0.1) is 18.8 Å². The lowest BCUT2D eigenvalue weighted by atomic mass is 10.2. The number of carbonyl (C=O) groups is 2. The third-order valence-electron chi connectivity index (χ3n) is 3.31. The zero-order chi connectivity index (χ0) is 14.9. The molecule has 0 heterocycles. The predicted molar refractivity (Wildman–Crippen MR) is 78.1 cm³/mol. The fourth-order valence-corrected chi connectivity index (χ4v) is 2.31. The molecule has 0 unspecified atom stereocenters. The van der Waals surface area contributed by atoms with E-state index in [0.29, 0.717) is 21.7 Å². The molecule has 0 radical (unpaired) electrons. The molecule has 20 heavy (non-hydrogen) atoms. The molecular weight excluding hydrogens is 301 g/mol. The van der Waals surface area contributed by atoms with Crippen LogP contribution in [-0.4, -0.2) is 18.5 Å². The molecule has 1 aliphatic carbocycles. The first-order chi connectivity index (χ1) is 9.40. The lowest BCUT2D eigenvalue weighted by Gasteiger charge is -2.11. The van der Waals surface area contributed by atoms with Crippen LogP contribution in [0.1, 0.15) is 18.9 Å². The quantitative estimate of drug-likeness (QED) is 0.866. The number of carbonyl (C=O) groups excluding carboxylic acids is 2. The Morgan fingerprint density at radius 3 is 2.65 bits per heavy atom. The molecule has 1 saturated carbocycles. The number of hydrogen-bond acceptors (Lipinski definition) is 3. The second-order valence-electron chi connectivity index (χ2n) is 5.03. The summed E-state index contributed by atoms with van der Waals surface area (Å²) in [5, 5.41) is 3.29. The van der Waals surface area contributed by atoms with Gasteiger partial charge < -0.3 is 10.1 Å². The summed E-state index contributed by atoms with van der Waals surface area (Å²) < 4.78 is 4.94. The third-order valence-corrected chi connectivity index (χ3v) is 4.11. The second-order valence-corrected chi connectivity index (χ2v) is 5.81. The van der Waals surface area contributed by atoms with Gasteiger partial charge in [0.1, 0.15) is 0 Å². The van der Waals surface area contributed by atoms with E-state index >= 15 is 0 Å². The van der Waals surface area contributed by atoms with Crippen LogP contribution in [0.3, 0.4) is 0 Å². The van der Waals surface area contributed by atoms with Crippen LogP contribution in [0.25, 0.3) is 0 Å². The zero-order valence-electron chi connectivity index (χ0n) is 11.2. The number of rotatable bonds is 4. The highest BCUT2D eigenvalue weighted by molar-refractivity contribution is 6.40. The van der Waals surface area contributed by atoms with Crippen molar-refractivity contribution in [1.82, 2.24) is 0 Å². The summed E-state index contributed by atoms with van der Waals surface area (Å²) in [6, 6.07) is 3.41. The second kappa shape index (κ2) is 6.02. The predicted octanol–water partition coefficient (Wildman–Crippen LogP) is 3.44. The lowest BCUT2D eigenvalue weighted by molar-refractivity contribution is -0.148. The number of halogens is 2. The summed E-state index contributed by atoms with van der Waals surface area (Å²) in [6.07, 6.45) is 0.829. The molecular formula is C14H15Cl2NO3. The highest BCUT2D eigenvalue weighted by Gasteiger charge is 2.40. The Morgan fingerprint density at radius 1 is 1.40 bits per heavy atom. The van der Waals surface area contributed by atoms with Gasteiger partial charge in [-0.2, -0.15) is 0 Å². The monoisotopic (exact) mass is 315 g/mol. The van der Waals surface area contributed by atoms with Crippen molar-refractivity contribution in [2.24, 2.45) is 11.8 Å². The molecule has 6 heteroatoms. The molecule has 1 N–H and O–H groups in total. The fraction of sp³-hybridized carbons (Fsp3) is 0.429.